The molecule has 2 unspecified atom stereocenters. The van der Waals surface area contributed by atoms with Crippen LogP contribution in [0.2, 0.25) is 0 Å². The van der Waals surface area contributed by atoms with E-state index in [0.717, 1.165) is 65.1 Å². The molecule has 2 aromatic carbocycles. The monoisotopic (exact) mass is 564 g/mol. The van der Waals surface area contributed by atoms with Crippen molar-refractivity contribution in [3.05, 3.63) is 76.2 Å². The molecule has 0 spiro atoms. The molecule has 2 aliphatic rings. The Morgan fingerprint density at radius 1 is 1.12 bits per heavy atom. The van der Waals surface area contributed by atoms with E-state index in [0.29, 0.717) is 51.5 Å². The minimum atomic E-state index is -0.840. The molecule has 2 N–H and O–H groups in total. The van der Waals surface area contributed by atoms with E-state index >= 15 is 0 Å². The fraction of sp³-hybridized carbons (Fsp3) is 0.515. The summed E-state index contributed by atoms with van der Waals surface area (Å²) in [5.74, 6) is 1.19. The number of hydrogen-bond acceptors (Lipinski definition) is 6. The Morgan fingerprint density at radius 2 is 1.93 bits per heavy atom. The smallest absolute Gasteiger partial charge is 0.410 e. The van der Waals surface area contributed by atoms with Crippen LogP contribution in [-0.2, 0) is 33.7 Å². The van der Waals surface area contributed by atoms with Crippen molar-refractivity contribution in [3.8, 4) is 5.75 Å². The van der Waals surface area contributed by atoms with Crippen molar-refractivity contribution in [2.75, 3.05) is 19.8 Å². The summed E-state index contributed by atoms with van der Waals surface area (Å²) >= 11 is 0. The Morgan fingerprint density at radius 3 is 2.66 bits per heavy atom. The van der Waals surface area contributed by atoms with Crippen LogP contribution in [-0.4, -0.2) is 41.8 Å². The summed E-state index contributed by atoms with van der Waals surface area (Å²) < 4.78 is 18.0. The van der Waals surface area contributed by atoms with Gasteiger partial charge in [-0.05, 0) is 49.3 Å². The fourth-order valence-corrected chi connectivity index (χ4v) is 5.48. The van der Waals surface area contributed by atoms with E-state index in [1.807, 2.05) is 49.4 Å². The molecule has 0 saturated heterocycles. The summed E-state index contributed by atoms with van der Waals surface area (Å²) in [4.78, 5) is 26.0. The second kappa shape index (κ2) is 14.8. The molecular weight excluding hydrogens is 520 g/mol. The third kappa shape index (κ3) is 8.18. The van der Waals surface area contributed by atoms with Crippen molar-refractivity contribution in [2.24, 2.45) is 5.92 Å². The molecule has 8 nitrogen and oxygen atoms in total. The number of ether oxygens (including phenoxy) is 3. The second-order valence-corrected chi connectivity index (χ2v) is 10.9. The minimum absolute atomic E-state index is 0.0361. The normalized spacial score (nSPS) is 17.0. The third-order valence-corrected chi connectivity index (χ3v) is 8.05. The Bertz CT molecular complexity index is 1210. The van der Waals surface area contributed by atoms with Crippen molar-refractivity contribution < 1.29 is 28.9 Å². The lowest BCUT2D eigenvalue weighted by Crippen LogP contribution is -2.37. The van der Waals surface area contributed by atoms with E-state index in [9.17, 15) is 14.7 Å². The average Bonchev–Trinajstić information content (AvgIpc) is 3.36. The summed E-state index contributed by atoms with van der Waals surface area (Å²) in [6, 6.07) is 13.9. The first-order valence-electron chi connectivity index (χ1n) is 15.0. The van der Waals surface area contributed by atoms with Gasteiger partial charge in [-0.3, -0.25) is 4.79 Å². The van der Waals surface area contributed by atoms with E-state index in [2.05, 4.69) is 19.2 Å². The molecular formula is C33H44N2O6. The number of unbranched alkanes of at least 4 members (excludes halogenated alkanes) is 1. The van der Waals surface area contributed by atoms with Crippen molar-refractivity contribution in [1.82, 2.24) is 10.2 Å². The average molecular weight is 565 g/mol. The lowest BCUT2D eigenvalue weighted by molar-refractivity contribution is -0.136. The number of hydrogen-bond donors (Lipinski definition) is 2. The van der Waals surface area contributed by atoms with Gasteiger partial charge in [-0.25, -0.2) is 4.79 Å². The van der Waals surface area contributed by atoms with E-state index in [1.54, 1.807) is 4.90 Å². The number of amides is 1. The summed E-state index contributed by atoms with van der Waals surface area (Å²) in [6.07, 6.45) is 5.56. The molecule has 2 heterocycles. The van der Waals surface area contributed by atoms with Gasteiger partial charge >= 0.3 is 12.1 Å². The predicted octanol–water partition coefficient (Wildman–Crippen LogP) is 6.73. The summed E-state index contributed by atoms with van der Waals surface area (Å²) in [5.41, 5.74) is 5.06. The van der Waals surface area contributed by atoms with Crippen LogP contribution in [0.4, 0.5) is 4.79 Å². The number of carbonyl (C=O) groups excluding carboxylic acids is 1. The van der Waals surface area contributed by atoms with Crippen LogP contribution in [0, 0.1) is 5.92 Å². The Hall–Kier alpha value is -3.68. The molecule has 0 bridgehead atoms. The zero-order chi connectivity index (χ0) is 29.2. The van der Waals surface area contributed by atoms with Crippen molar-refractivity contribution in [2.45, 2.75) is 84.9 Å². The van der Waals surface area contributed by atoms with E-state index in [4.69, 9.17) is 14.2 Å². The molecule has 0 saturated carbocycles. The highest BCUT2D eigenvalue weighted by Gasteiger charge is 2.28. The van der Waals surface area contributed by atoms with Crippen LogP contribution < -0.4 is 10.1 Å². The van der Waals surface area contributed by atoms with Gasteiger partial charge in [-0.1, -0.05) is 69.5 Å². The maximum absolute atomic E-state index is 13.0. The number of carboxylic acid groups (broad SMARTS) is 1. The number of carboxylic acids is 1. The first kappa shape index (κ1) is 30.3. The second-order valence-electron chi connectivity index (χ2n) is 10.9. The maximum atomic E-state index is 13.0. The van der Waals surface area contributed by atoms with Gasteiger partial charge in [0, 0.05) is 37.1 Å². The van der Waals surface area contributed by atoms with Crippen molar-refractivity contribution in [1.29, 1.82) is 0 Å². The molecule has 222 valence electrons. The van der Waals surface area contributed by atoms with Gasteiger partial charge in [0.2, 0.25) is 0 Å². The van der Waals surface area contributed by atoms with Gasteiger partial charge in [-0.2, -0.15) is 0 Å². The first-order chi connectivity index (χ1) is 19.9. The van der Waals surface area contributed by atoms with Gasteiger partial charge in [0.25, 0.3) is 0 Å². The zero-order valence-electron chi connectivity index (χ0n) is 24.6. The zero-order valence-corrected chi connectivity index (χ0v) is 24.6. The lowest BCUT2D eigenvalue weighted by atomic mass is 9.92. The number of allylic oxidation sites excluding steroid dienone is 1. The highest BCUT2D eigenvalue weighted by Crippen LogP contribution is 2.33. The molecule has 2 aromatic rings. The molecule has 0 radical (unpaired) electrons. The van der Waals surface area contributed by atoms with E-state index in [1.165, 1.54) is 0 Å². The Balaban J connectivity index is 1.40. The Labute approximate surface area is 243 Å². The quantitative estimate of drug-likeness (QED) is 0.262. The molecule has 2 aliphatic heterocycles. The molecule has 0 aliphatic carbocycles. The number of nitrogens with one attached hydrogen (secondary N) is 1. The summed E-state index contributed by atoms with van der Waals surface area (Å²) in [7, 11) is 0. The molecule has 0 fully saturated rings. The standard InChI is InChI=1S/C33H44N2O6/c1-4-6-10-24(5-2)22-40-33(38)35-19-17-27-28(21-35)25(14-16-31(36)37)13-15-30(27)39-20-18-29-23(3)41-32(34-29)26-11-8-7-9-12-26/h7-9,11-13,15,24,32,34H,4-6,10,14,16-22H2,1-3H3,(H,36,37). The van der Waals surface area contributed by atoms with Gasteiger partial charge in [-0.15, -0.1) is 0 Å². The number of rotatable bonds is 14. The molecule has 0 aromatic heterocycles. The molecule has 4 rings (SSSR count). The molecule has 8 heteroatoms. The SMILES string of the molecule is CCCCC(CC)COC(=O)N1CCc2c(OCCC3=C(C)OC(c4ccccc4)N3)ccc(CCC(=O)O)c2C1. The molecule has 1 amide bonds. The Kier molecular flexibility index (Phi) is 10.9. The number of nitrogens with zero attached hydrogens (tertiary/aromatic N) is 1. The summed E-state index contributed by atoms with van der Waals surface area (Å²) in [5, 5.41) is 12.7. The first-order valence-corrected chi connectivity index (χ1v) is 15.0. The van der Waals surface area contributed by atoms with Crippen LogP contribution in [0.1, 0.15) is 87.8 Å². The van der Waals surface area contributed by atoms with Gasteiger partial charge in [0.05, 0.1) is 18.9 Å². The van der Waals surface area contributed by atoms with Crippen molar-refractivity contribution in [3.63, 3.8) is 0 Å². The van der Waals surface area contributed by atoms with Crippen LogP contribution in [0.15, 0.2) is 53.9 Å². The fourth-order valence-electron chi connectivity index (χ4n) is 5.48. The van der Waals surface area contributed by atoms with Crippen LogP contribution in [0.5, 0.6) is 5.75 Å². The minimum Gasteiger partial charge on any atom is -0.493 e. The lowest BCUT2D eigenvalue weighted by Gasteiger charge is -2.31. The van der Waals surface area contributed by atoms with E-state index in [-0.39, 0.29) is 18.7 Å². The number of carbonyl (C=O) groups is 2. The van der Waals surface area contributed by atoms with Gasteiger partial charge in [0.15, 0.2) is 6.23 Å². The highest BCUT2D eigenvalue weighted by molar-refractivity contribution is 5.69. The van der Waals surface area contributed by atoms with Crippen LogP contribution >= 0.6 is 0 Å². The number of fused-ring (bicyclic) bond motifs is 1. The number of aryl methyl sites for hydroxylation is 1. The van der Waals surface area contributed by atoms with Crippen molar-refractivity contribution >= 4 is 12.1 Å². The van der Waals surface area contributed by atoms with Gasteiger partial charge < -0.3 is 29.5 Å². The topological polar surface area (TPSA) is 97.3 Å². The molecule has 41 heavy (non-hydrogen) atoms. The van der Waals surface area contributed by atoms with Crippen LogP contribution in [0.3, 0.4) is 0 Å². The number of benzene rings is 2. The molecule has 2 atom stereocenters. The van der Waals surface area contributed by atoms with Crippen LogP contribution in [0.25, 0.3) is 0 Å². The van der Waals surface area contributed by atoms with E-state index < -0.39 is 5.97 Å². The van der Waals surface area contributed by atoms with Gasteiger partial charge in [0.1, 0.15) is 11.5 Å². The number of aliphatic carboxylic acids is 1. The highest BCUT2D eigenvalue weighted by atomic mass is 16.6. The predicted molar refractivity (Wildman–Crippen MR) is 157 cm³/mol. The maximum Gasteiger partial charge on any atom is 0.410 e. The largest absolute Gasteiger partial charge is 0.493 e. The summed E-state index contributed by atoms with van der Waals surface area (Å²) in [6.45, 7) is 8.10. The third-order valence-electron chi connectivity index (χ3n) is 8.05.